The average molecular weight is 295 g/mol. The topological polar surface area (TPSA) is 45.7 Å². The molecule has 0 unspecified atom stereocenters. The van der Waals surface area contributed by atoms with Crippen LogP contribution < -0.4 is 10.6 Å². The summed E-state index contributed by atoms with van der Waals surface area (Å²) >= 11 is 0. The van der Waals surface area contributed by atoms with Crippen molar-refractivity contribution in [3.8, 4) is 0 Å². The van der Waals surface area contributed by atoms with Crippen molar-refractivity contribution in [3.63, 3.8) is 0 Å². The van der Waals surface area contributed by atoms with Crippen molar-refractivity contribution >= 4 is 11.6 Å². The summed E-state index contributed by atoms with van der Waals surface area (Å²) in [6.07, 6.45) is 3.50. The Morgan fingerprint density at radius 2 is 1.86 bits per heavy atom. The number of carbonyl (C=O) groups excluding carboxylic acids is 1. The number of nitrogens with one attached hydrogen (secondary N) is 1. The van der Waals surface area contributed by atoms with Crippen molar-refractivity contribution in [1.29, 1.82) is 0 Å². The van der Waals surface area contributed by atoms with Crippen LogP contribution in [0.3, 0.4) is 0 Å². The first-order valence-corrected chi connectivity index (χ1v) is 8.03. The molecule has 2 atom stereocenters. The maximum atomic E-state index is 12.4. The van der Waals surface area contributed by atoms with E-state index in [0.717, 1.165) is 18.5 Å². The van der Waals surface area contributed by atoms with E-state index in [2.05, 4.69) is 34.9 Å². The van der Waals surface area contributed by atoms with Gasteiger partial charge in [0.2, 0.25) is 0 Å². The third-order valence-electron chi connectivity index (χ3n) is 4.39. The van der Waals surface area contributed by atoms with Crippen LogP contribution in [0.4, 0.5) is 5.69 Å². The molecule has 3 rings (SSSR count). The van der Waals surface area contributed by atoms with Crippen molar-refractivity contribution in [3.05, 3.63) is 65.7 Å². The van der Waals surface area contributed by atoms with Gasteiger partial charge < -0.3 is 10.6 Å². The van der Waals surface area contributed by atoms with Gasteiger partial charge in [-0.3, -0.25) is 4.79 Å². The number of aryl methyl sites for hydroxylation is 1. The predicted molar refractivity (Wildman–Crippen MR) is 88.6 cm³/mol. The SMILES string of the molecule is C[C@@H]([NH2+][C@H]1CCCc2ccccc21)C(=O)Nc1ccccc1. The zero-order valence-corrected chi connectivity index (χ0v) is 13.0. The summed E-state index contributed by atoms with van der Waals surface area (Å²) in [6, 6.07) is 18.6. The van der Waals surface area contributed by atoms with Gasteiger partial charge in [-0.15, -0.1) is 0 Å². The smallest absolute Gasteiger partial charge is 0.282 e. The fraction of sp³-hybridized carbons (Fsp3) is 0.316. The normalized spacial score (nSPS) is 18.3. The molecule has 0 spiro atoms. The molecule has 2 aromatic carbocycles. The van der Waals surface area contributed by atoms with Gasteiger partial charge in [0.25, 0.3) is 5.91 Å². The lowest BCUT2D eigenvalue weighted by Crippen LogP contribution is -2.92. The molecular weight excluding hydrogens is 272 g/mol. The molecule has 0 saturated heterocycles. The van der Waals surface area contributed by atoms with E-state index in [1.165, 1.54) is 17.5 Å². The summed E-state index contributed by atoms with van der Waals surface area (Å²) in [4.78, 5) is 12.4. The largest absolute Gasteiger partial charge is 0.330 e. The van der Waals surface area contributed by atoms with Crippen molar-refractivity contribution in [2.45, 2.75) is 38.3 Å². The number of benzene rings is 2. The van der Waals surface area contributed by atoms with Crippen LogP contribution in [0.1, 0.15) is 36.9 Å². The minimum absolute atomic E-state index is 0.0641. The lowest BCUT2D eigenvalue weighted by Gasteiger charge is -2.26. The number of carbonyl (C=O) groups is 1. The number of para-hydroxylation sites is 1. The third kappa shape index (κ3) is 3.37. The zero-order valence-electron chi connectivity index (χ0n) is 13.0. The first kappa shape index (κ1) is 14.8. The molecule has 1 amide bonds. The number of amides is 1. The van der Waals surface area contributed by atoms with Crippen LogP contribution in [0.2, 0.25) is 0 Å². The molecule has 0 heterocycles. The van der Waals surface area contributed by atoms with Gasteiger partial charge in [-0.1, -0.05) is 42.5 Å². The van der Waals surface area contributed by atoms with E-state index < -0.39 is 0 Å². The van der Waals surface area contributed by atoms with Gasteiger partial charge in [-0.25, -0.2) is 0 Å². The molecule has 0 aliphatic heterocycles. The van der Waals surface area contributed by atoms with E-state index >= 15 is 0 Å². The van der Waals surface area contributed by atoms with E-state index in [0.29, 0.717) is 6.04 Å². The molecule has 3 heteroatoms. The van der Waals surface area contributed by atoms with Crippen molar-refractivity contribution in [2.75, 3.05) is 5.32 Å². The predicted octanol–water partition coefficient (Wildman–Crippen LogP) is 2.65. The number of quaternary nitrogens is 1. The van der Waals surface area contributed by atoms with Crippen molar-refractivity contribution in [2.24, 2.45) is 0 Å². The van der Waals surface area contributed by atoms with E-state index in [1.54, 1.807) is 0 Å². The lowest BCUT2D eigenvalue weighted by molar-refractivity contribution is -0.714. The van der Waals surface area contributed by atoms with Crippen molar-refractivity contribution in [1.82, 2.24) is 0 Å². The number of fused-ring (bicyclic) bond motifs is 1. The average Bonchev–Trinajstić information content (AvgIpc) is 2.56. The number of hydrogen-bond acceptors (Lipinski definition) is 1. The molecule has 3 nitrogen and oxygen atoms in total. The second-order valence-electron chi connectivity index (χ2n) is 6.03. The summed E-state index contributed by atoms with van der Waals surface area (Å²) < 4.78 is 0. The first-order chi connectivity index (χ1) is 10.7. The number of hydrogen-bond donors (Lipinski definition) is 2. The zero-order chi connectivity index (χ0) is 15.4. The minimum Gasteiger partial charge on any atom is -0.330 e. The van der Waals surface area contributed by atoms with Gasteiger partial charge in [0.15, 0.2) is 6.04 Å². The molecule has 0 aromatic heterocycles. The highest BCUT2D eigenvalue weighted by Crippen LogP contribution is 2.26. The molecule has 0 bridgehead atoms. The highest BCUT2D eigenvalue weighted by molar-refractivity contribution is 5.93. The van der Waals surface area contributed by atoms with Gasteiger partial charge in [0.05, 0.1) is 0 Å². The Balaban J connectivity index is 1.65. The number of nitrogens with two attached hydrogens (primary N) is 1. The summed E-state index contributed by atoms with van der Waals surface area (Å²) in [5, 5.41) is 5.19. The van der Waals surface area contributed by atoms with Crippen LogP contribution in [-0.2, 0) is 11.2 Å². The molecule has 1 aliphatic rings. The third-order valence-corrected chi connectivity index (χ3v) is 4.39. The minimum atomic E-state index is -0.101. The van der Waals surface area contributed by atoms with Crippen LogP contribution in [0.25, 0.3) is 0 Å². The Kier molecular flexibility index (Phi) is 4.54. The second-order valence-corrected chi connectivity index (χ2v) is 6.03. The number of anilines is 1. The molecule has 22 heavy (non-hydrogen) atoms. The van der Waals surface area contributed by atoms with Gasteiger partial charge in [0.1, 0.15) is 6.04 Å². The first-order valence-electron chi connectivity index (χ1n) is 8.03. The van der Waals surface area contributed by atoms with Crippen molar-refractivity contribution < 1.29 is 10.1 Å². The highest BCUT2D eigenvalue weighted by Gasteiger charge is 2.27. The molecule has 1 aliphatic carbocycles. The Labute approximate surface area is 131 Å². The van der Waals surface area contributed by atoms with Crippen LogP contribution in [-0.4, -0.2) is 11.9 Å². The fourth-order valence-electron chi connectivity index (χ4n) is 3.20. The standard InChI is InChI=1S/C19H22N2O/c1-14(19(22)21-16-10-3-2-4-11-16)20-18-13-7-9-15-8-5-6-12-17(15)18/h2-6,8,10-12,14,18,20H,7,9,13H2,1H3,(H,21,22)/p+1/t14-,18+/m1/s1. The van der Waals surface area contributed by atoms with E-state index in [-0.39, 0.29) is 11.9 Å². The summed E-state index contributed by atoms with van der Waals surface area (Å²) in [6.45, 7) is 1.98. The van der Waals surface area contributed by atoms with E-state index in [1.807, 2.05) is 37.3 Å². The Hall–Kier alpha value is -2.13. The quantitative estimate of drug-likeness (QED) is 0.895. The molecular formula is C19H23N2O+. The molecule has 0 fully saturated rings. The molecule has 114 valence electrons. The summed E-state index contributed by atoms with van der Waals surface area (Å²) in [7, 11) is 0. The maximum Gasteiger partial charge on any atom is 0.282 e. The van der Waals surface area contributed by atoms with Crippen LogP contribution >= 0.6 is 0 Å². The number of rotatable bonds is 4. The van der Waals surface area contributed by atoms with E-state index in [4.69, 9.17) is 0 Å². The van der Waals surface area contributed by atoms with E-state index in [9.17, 15) is 4.79 Å². The van der Waals surface area contributed by atoms with Gasteiger partial charge in [0, 0.05) is 17.7 Å². The molecule has 3 N–H and O–H groups in total. The lowest BCUT2D eigenvalue weighted by atomic mass is 9.87. The van der Waals surface area contributed by atoms with Gasteiger partial charge in [-0.05, 0) is 37.5 Å². The highest BCUT2D eigenvalue weighted by atomic mass is 16.2. The Morgan fingerprint density at radius 1 is 1.14 bits per heavy atom. The summed E-state index contributed by atoms with van der Waals surface area (Å²) in [5.74, 6) is 0.0641. The molecule has 0 radical (unpaired) electrons. The van der Waals surface area contributed by atoms with Gasteiger partial charge >= 0.3 is 0 Å². The van der Waals surface area contributed by atoms with Gasteiger partial charge in [-0.2, -0.15) is 0 Å². The Morgan fingerprint density at radius 3 is 2.68 bits per heavy atom. The second kappa shape index (κ2) is 6.75. The van der Waals surface area contributed by atoms with Crippen LogP contribution in [0.15, 0.2) is 54.6 Å². The Bertz CT molecular complexity index is 639. The maximum absolute atomic E-state index is 12.4. The molecule has 0 saturated carbocycles. The monoisotopic (exact) mass is 295 g/mol. The fourth-order valence-corrected chi connectivity index (χ4v) is 3.20. The molecule has 2 aromatic rings. The summed E-state index contributed by atoms with van der Waals surface area (Å²) in [5.41, 5.74) is 3.69. The van der Waals surface area contributed by atoms with Crippen LogP contribution in [0.5, 0.6) is 0 Å². The van der Waals surface area contributed by atoms with Crippen LogP contribution in [0, 0.1) is 0 Å².